The van der Waals surface area contributed by atoms with Crippen molar-refractivity contribution < 1.29 is 10.0 Å². The highest BCUT2D eigenvalue weighted by molar-refractivity contribution is 9.10. The molecule has 0 radical (unpaired) electrons. The summed E-state index contributed by atoms with van der Waals surface area (Å²) in [5, 5.41) is 20.0. The smallest absolute Gasteiger partial charge is 0.283 e. The lowest BCUT2D eigenvalue weighted by atomic mass is 10.1. The summed E-state index contributed by atoms with van der Waals surface area (Å²) in [4.78, 5) is 10.0. The number of nitro groups is 1. The summed E-state index contributed by atoms with van der Waals surface area (Å²) in [6.07, 6.45) is 0. The zero-order chi connectivity index (χ0) is 10.9. The van der Waals surface area contributed by atoms with Crippen molar-refractivity contribution >= 4 is 21.6 Å². The van der Waals surface area contributed by atoms with Gasteiger partial charge in [0.1, 0.15) is 5.72 Å². The normalized spacial score (nSPS) is 14.9. The monoisotopic (exact) mass is 260 g/mol. The van der Waals surface area contributed by atoms with Crippen LogP contribution in [0.4, 0.5) is 5.69 Å². The Morgan fingerprint density at radius 3 is 2.64 bits per heavy atom. The summed E-state index contributed by atoms with van der Waals surface area (Å²) in [6, 6.07) is 4.25. The van der Waals surface area contributed by atoms with Gasteiger partial charge in [-0.1, -0.05) is 6.07 Å². The quantitative estimate of drug-likeness (QED) is 0.479. The Labute approximate surface area is 88.8 Å². The fourth-order valence-corrected chi connectivity index (χ4v) is 1.36. The van der Waals surface area contributed by atoms with Crippen LogP contribution in [0.5, 0.6) is 0 Å². The average molecular weight is 261 g/mol. The molecular formula is C8H9BrN2O3. The van der Waals surface area contributed by atoms with Crippen molar-refractivity contribution in [3.63, 3.8) is 0 Å². The molecule has 1 aromatic rings. The van der Waals surface area contributed by atoms with Gasteiger partial charge in [0.25, 0.3) is 5.69 Å². The van der Waals surface area contributed by atoms with Crippen LogP contribution in [0.25, 0.3) is 0 Å². The number of nitro benzene ring substituents is 1. The van der Waals surface area contributed by atoms with Crippen LogP contribution in [0.1, 0.15) is 12.5 Å². The molecule has 0 bridgehead atoms. The molecule has 0 aliphatic heterocycles. The molecule has 0 aliphatic rings. The number of aliphatic hydroxyl groups is 1. The summed E-state index contributed by atoms with van der Waals surface area (Å²) in [5.74, 6) is 0. The third-order valence-electron chi connectivity index (χ3n) is 1.73. The van der Waals surface area contributed by atoms with E-state index < -0.39 is 10.6 Å². The highest BCUT2D eigenvalue weighted by atomic mass is 79.9. The van der Waals surface area contributed by atoms with Crippen LogP contribution in [0, 0.1) is 10.1 Å². The van der Waals surface area contributed by atoms with Crippen molar-refractivity contribution in [3.05, 3.63) is 38.3 Å². The first-order valence-corrected chi connectivity index (χ1v) is 4.57. The Morgan fingerprint density at radius 2 is 2.21 bits per heavy atom. The fraction of sp³-hybridized carbons (Fsp3) is 0.250. The zero-order valence-corrected chi connectivity index (χ0v) is 8.98. The summed E-state index contributed by atoms with van der Waals surface area (Å²) >= 11 is 3.03. The van der Waals surface area contributed by atoms with Crippen molar-refractivity contribution in [2.75, 3.05) is 0 Å². The van der Waals surface area contributed by atoms with Crippen LogP contribution < -0.4 is 5.73 Å². The van der Waals surface area contributed by atoms with Gasteiger partial charge in [-0.05, 0) is 28.9 Å². The number of rotatable bonds is 2. The van der Waals surface area contributed by atoms with Crippen LogP contribution in [-0.4, -0.2) is 10.0 Å². The molecule has 0 saturated heterocycles. The van der Waals surface area contributed by atoms with Crippen LogP contribution in [0.3, 0.4) is 0 Å². The van der Waals surface area contributed by atoms with Crippen LogP contribution >= 0.6 is 15.9 Å². The summed E-state index contributed by atoms with van der Waals surface area (Å²) in [5.41, 5.74) is 4.01. The Kier molecular flexibility index (Phi) is 2.89. The van der Waals surface area contributed by atoms with Gasteiger partial charge >= 0.3 is 0 Å². The van der Waals surface area contributed by atoms with Gasteiger partial charge < -0.3 is 10.8 Å². The van der Waals surface area contributed by atoms with Gasteiger partial charge in [-0.15, -0.1) is 0 Å². The average Bonchev–Trinajstić information content (AvgIpc) is 2.02. The molecule has 76 valence electrons. The van der Waals surface area contributed by atoms with Crippen molar-refractivity contribution in [3.8, 4) is 0 Å². The van der Waals surface area contributed by atoms with E-state index in [1.807, 2.05) is 0 Å². The lowest BCUT2D eigenvalue weighted by Crippen LogP contribution is -2.32. The van der Waals surface area contributed by atoms with Gasteiger partial charge in [0.2, 0.25) is 0 Å². The molecule has 0 saturated carbocycles. The third-order valence-corrected chi connectivity index (χ3v) is 2.40. The van der Waals surface area contributed by atoms with Gasteiger partial charge in [-0.2, -0.15) is 0 Å². The molecule has 0 aliphatic carbocycles. The molecule has 6 heteroatoms. The Bertz CT molecular complexity index is 373. The van der Waals surface area contributed by atoms with E-state index in [2.05, 4.69) is 15.9 Å². The number of halogens is 1. The largest absolute Gasteiger partial charge is 0.372 e. The standard InChI is InChI=1S/C8H9BrN2O3/c1-8(10,12)5-2-3-6(9)7(4-5)11(13)14/h2-4,12H,10H2,1H3. The zero-order valence-electron chi connectivity index (χ0n) is 7.40. The maximum Gasteiger partial charge on any atom is 0.283 e. The number of hydrogen-bond acceptors (Lipinski definition) is 4. The van der Waals surface area contributed by atoms with Crippen LogP contribution in [0.15, 0.2) is 22.7 Å². The van der Waals surface area contributed by atoms with Crippen molar-refractivity contribution in [1.82, 2.24) is 0 Å². The molecule has 0 amide bonds. The number of nitrogens with two attached hydrogens (primary N) is 1. The first-order valence-electron chi connectivity index (χ1n) is 3.78. The third kappa shape index (κ3) is 2.28. The van der Waals surface area contributed by atoms with E-state index in [1.54, 1.807) is 0 Å². The molecule has 5 nitrogen and oxygen atoms in total. The van der Waals surface area contributed by atoms with E-state index in [1.165, 1.54) is 25.1 Å². The molecule has 0 spiro atoms. The van der Waals surface area contributed by atoms with Crippen molar-refractivity contribution in [1.29, 1.82) is 0 Å². The number of nitrogens with zero attached hydrogens (tertiary/aromatic N) is 1. The van der Waals surface area contributed by atoms with Gasteiger partial charge in [-0.25, -0.2) is 0 Å². The summed E-state index contributed by atoms with van der Waals surface area (Å²) < 4.78 is 0.357. The first-order chi connectivity index (χ1) is 6.32. The molecule has 3 N–H and O–H groups in total. The van der Waals surface area contributed by atoms with E-state index in [0.717, 1.165) is 0 Å². The second-order valence-corrected chi connectivity index (χ2v) is 3.93. The minimum atomic E-state index is -1.56. The number of benzene rings is 1. The summed E-state index contributed by atoms with van der Waals surface area (Å²) in [6.45, 7) is 1.36. The molecule has 0 aromatic heterocycles. The van der Waals surface area contributed by atoms with E-state index in [-0.39, 0.29) is 5.69 Å². The Balaban J connectivity index is 3.27. The minimum Gasteiger partial charge on any atom is -0.372 e. The van der Waals surface area contributed by atoms with Gasteiger partial charge in [-0.3, -0.25) is 10.1 Å². The highest BCUT2D eigenvalue weighted by Crippen LogP contribution is 2.28. The lowest BCUT2D eigenvalue weighted by molar-refractivity contribution is -0.385. The summed E-state index contributed by atoms with van der Waals surface area (Å²) in [7, 11) is 0. The maximum absolute atomic E-state index is 10.6. The highest BCUT2D eigenvalue weighted by Gasteiger charge is 2.21. The topological polar surface area (TPSA) is 89.4 Å². The van der Waals surface area contributed by atoms with E-state index >= 15 is 0 Å². The number of hydrogen-bond donors (Lipinski definition) is 2. The van der Waals surface area contributed by atoms with Crippen molar-refractivity contribution in [2.24, 2.45) is 5.73 Å². The molecule has 1 unspecified atom stereocenters. The Morgan fingerprint density at radius 1 is 1.64 bits per heavy atom. The molecule has 1 aromatic carbocycles. The molecule has 0 fully saturated rings. The maximum atomic E-state index is 10.6. The molecule has 1 rings (SSSR count). The molecular weight excluding hydrogens is 252 g/mol. The molecule has 14 heavy (non-hydrogen) atoms. The van der Waals surface area contributed by atoms with Gasteiger partial charge in [0, 0.05) is 11.6 Å². The first kappa shape index (κ1) is 11.1. The SMILES string of the molecule is CC(N)(O)c1ccc(Br)c([N+](=O)[O-])c1. The van der Waals surface area contributed by atoms with Crippen molar-refractivity contribution in [2.45, 2.75) is 12.6 Å². The second-order valence-electron chi connectivity index (χ2n) is 3.07. The van der Waals surface area contributed by atoms with Gasteiger partial charge in [0.15, 0.2) is 0 Å². The van der Waals surface area contributed by atoms with E-state index in [9.17, 15) is 15.2 Å². The second kappa shape index (κ2) is 3.64. The predicted molar refractivity (Wildman–Crippen MR) is 54.6 cm³/mol. The Hall–Kier alpha value is -0.980. The molecule has 1 atom stereocenters. The van der Waals surface area contributed by atoms with Crippen LogP contribution in [-0.2, 0) is 5.72 Å². The van der Waals surface area contributed by atoms with E-state index in [0.29, 0.717) is 10.0 Å². The molecule has 0 heterocycles. The van der Waals surface area contributed by atoms with Gasteiger partial charge in [0.05, 0.1) is 9.40 Å². The van der Waals surface area contributed by atoms with E-state index in [4.69, 9.17) is 5.73 Å². The fourth-order valence-electron chi connectivity index (χ4n) is 0.967. The minimum absolute atomic E-state index is 0.117. The van der Waals surface area contributed by atoms with Crippen LogP contribution in [0.2, 0.25) is 0 Å². The predicted octanol–water partition coefficient (Wildman–Crippen LogP) is 1.48. The lowest BCUT2D eigenvalue weighted by Gasteiger charge is -2.17.